The number of ether oxygens (including phenoxy) is 1. The normalized spacial score (nSPS) is 10.3. The van der Waals surface area contributed by atoms with E-state index in [1.165, 1.54) is 24.1 Å². The zero-order chi connectivity index (χ0) is 20.8. The molecule has 0 aliphatic carbocycles. The third-order valence-corrected chi connectivity index (χ3v) is 4.39. The predicted octanol–water partition coefficient (Wildman–Crippen LogP) is 3.78. The molecule has 0 bridgehead atoms. The van der Waals surface area contributed by atoms with Gasteiger partial charge in [-0.25, -0.2) is 0 Å². The molecule has 0 atom stereocenters. The second kappa shape index (κ2) is 9.32. The van der Waals surface area contributed by atoms with Gasteiger partial charge in [0.1, 0.15) is 0 Å². The lowest BCUT2D eigenvalue weighted by atomic mass is 10.1. The molecule has 0 aliphatic heterocycles. The summed E-state index contributed by atoms with van der Waals surface area (Å²) in [5.41, 5.74) is 1.32. The van der Waals surface area contributed by atoms with Crippen molar-refractivity contribution in [2.24, 2.45) is 0 Å². The van der Waals surface area contributed by atoms with Crippen LogP contribution in [0.1, 0.15) is 22.8 Å². The Labute approximate surface area is 170 Å². The van der Waals surface area contributed by atoms with Crippen LogP contribution in [0.2, 0.25) is 0 Å². The van der Waals surface area contributed by atoms with Crippen molar-refractivity contribution < 1.29 is 19.2 Å². The molecule has 8 nitrogen and oxygen atoms in total. The Bertz CT molecular complexity index is 916. The van der Waals surface area contributed by atoms with Gasteiger partial charge in [0, 0.05) is 28.8 Å². The number of hydrogen-bond acceptors (Lipinski definition) is 5. The SMILES string of the molecule is CCOc1ccc(C(=O)N(C)CC(=O)Nc2ccc(Br)cc2C)cc1[N+](=O)[O-]. The first-order valence-corrected chi connectivity index (χ1v) is 9.25. The molecule has 0 saturated heterocycles. The van der Waals surface area contributed by atoms with Gasteiger partial charge in [-0.2, -0.15) is 0 Å². The van der Waals surface area contributed by atoms with Crippen molar-refractivity contribution in [2.75, 3.05) is 25.5 Å². The molecule has 148 valence electrons. The van der Waals surface area contributed by atoms with Crippen molar-refractivity contribution in [2.45, 2.75) is 13.8 Å². The van der Waals surface area contributed by atoms with E-state index in [4.69, 9.17) is 4.74 Å². The quantitative estimate of drug-likeness (QED) is 0.511. The minimum absolute atomic E-state index is 0.0927. The Hall–Kier alpha value is -2.94. The van der Waals surface area contributed by atoms with Crippen LogP contribution in [0.3, 0.4) is 0 Å². The molecule has 2 aromatic rings. The van der Waals surface area contributed by atoms with Crippen molar-refractivity contribution in [3.05, 3.63) is 62.1 Å². The second-order valence-electron chi connectivity index (χ2n) is 6.04. The third kappa shape index (κ3) is 5.29. The lowest BCUT2D eigenvalue weighted by Crippen LogP contribution is -2.35. The van der Waals surface area contributed by atoms with Crippen LogP contribution in [0.15, 0.2) is 40.9 Å². The fourth-order valence-corrected chi connectivity index (χ4v) is 3.01. The summed E-state index contributed by atoms with van der Waals surface area (Å²) in [6, 6.07) is 9.40. The third-order valence-electron chi connectivity index (χ3n) is 3.89. The van der Waals surface area contributed by atoms with E-state index < -0.39 is 10.8 Å². The zero-order valence-electron chi connectivity index (χ0n) is 15.7. The average molecular weight is 450 g/mol. The fraction of sp³-hybridized carbons (Fsp3) is 0.263. The van der Waals surface area contributed by atoms with Crippen molar-refractivity contribution in [1.82, 2.24) is 4.90 Å². The highest BCUT2D eigenvalue weighted by Gasteiger charge is 2.21. The monoisotopic (exact) mass is 449 g/mol. The maximum atomic E-state index is 12.6. The molecule has 2 amide bonds. The highest BCUT2D eigenvalue weighted by atomic mass is 79.9. The number of amides is 2. The Kier molecular flexibility index (Phi) is 7.11. The number of nitro benzene ring substituents is 1. The summed E-state index contributed by atoms with van der Waals surface area (Å²) in [6.07, 6.45) is 0. The number of nitrogens with zero attached hydrogens (tertiary/aromatic N) is 2. The van der Waals surface area contributed by atoms with Crippen LogP contribution < -0.4 is 10.1 Å². The Morgan fingerprint density at radius 1 is 1.25 bits per heavy atom. The van der Waals surface area contributed by atoms with Crippen LogP contribution in [0.5, 0.6) is 5.75 Å². The number of aryl methyl sites for hydroxylation is 1. The number of nitro groups is 1. The van der Waals surface area contributed by atoms with Gasteiger partial charge in [0.05, 0.1) is 18.1 Å². The Balaban J connectivity index is 2.10. The molecular formula is C19H20BrN3O5. The van der Waals surface area contributed by atoms with Gasteiger partial charge in [-0.3, -0.25) is 19.7 Å². The molecule has 9 heteroatoms. The van der Waals surface area contributed by atoms with E-state index >= 15 is 0 Å². The van der Waals surface area contributed by atoms with Crippen molar-refractivity contribution in [1.29, 1.82) is 0 Å². The van der Waals surface area contributed by atoms with Gasteiger partial charge in [0.25, 0.3) is 5.91 Å². The van der Waals surface area contributed by atoms with Crippen molar-refractivity contribution in [3.8, 4) is 5.75 Å². The number of carbonyl (C=O) groups excluding carboxylic acids is 2. The van der Waals surface area contributed by atoms with Crippen LogP contribution in [-0.4, -0.2) is 41.8 Å². The minimum atomic E-state index is -0.606. The summed E-state index contributed by atoms with van der Waals surface area (Å²) in [7, 11) is 1.46. The zero-order valence-corrected chi connectivity index (χ0v) is 17.3. The first-order valence-electron chi connectivity index (χ1n) is 8.45. The van der Waals surface area contributed by atoms with E-state index in [2.05, 4.69) is 21.2 Å². The van der Waals surface area contributed by atoms with Crippen molar-refractivity contribution in [3.63, 3.8) is 0 Å². The average Bonchev–Trinajstić information content (AvgIpc) is 2.63. The van der Waals surface area contributed by atoms with Gasteiger partial charge in [0.15, 0.2) is 5.75 Å². The van der Waals surface area contributed by atoms with Gasteiger partial charge in [-0.1, -0.05) is 15.9 Å². The molecule has 0 spiro atoms. The summed E-state index contributed by atoms with van der Waals surface area (Å²) >= 11 is 3.36. The highest BCUT2D eigenvalue weighted by Crippen LogP contribution is 2.28. The molecule has 0 saturated carbocycles. The number of rotatable bonds is 7. The largest absolute Gasteiger partial charge is 0.487 e. The fourth-order valence-electron chi connectivity index (χ4n) is 2.54. The standard InChI is InChI=1S/C19H20BrN3O5/c1-4-28-17-8-5-13(10-16(17)23(26)27)19(25)22(3)11-18(24)21-15-7-6-14(20)9-12(15)2/h5-10H,4,11H2,1-3H3,(H,21,24). The van der Waals surface area contributed by atoms with Gasteiger partial charge in [-0.05, 0) is 49.7 Å². The highest BCUT2D eigenvalue weighted by molar-refractivity contribution is 9.10. The Morgan fingerprint density at radius 2 is 1.96 bits per heavy atom. The van der Waals surface area contributed by atoms with Crippen LogP contribution in [-0.2, 0) is 4.79 Å². The smallest absolute Gasteiger partial charge is 0.311 e. The van der Waals surface area contributed by atoms with Crippen LogP contribution in [0, 0.1) is 17.0 Å². The van der Waals surface area contributed by atoms with Gasteiger partial charge < -0.3 is 15.0 Å². The van der Waals surface area contributed by atoms with Crippen LogP contribution in [0.4, 0.5) is 11.4 Å². The maximum absolute atomic E-state index is 12.6. The molecule has 0 fully saturated rings. The number of benzene rings is 2. The van der Waals surface area contributed by atoms with E-state index in [0.717, 1.165) is 16.1 Å². The van der Waals surface area contributed by atoms with E-state index in [9.17, 15) is 19.7 Å². The molecular weight excluding hydrogens is 430 g/mol. The first-order chi connectivity index (χ1) is 13.2. The summed E-state index contributed by atoms with van der Waals surface area (Å²) in [5.74, 6) is -0.786. The molecule has 0 aromatic heterocycles. The molecule has 28 heavy (non-hydrogen) atoms. The molecule has 0 heterocycles. The van der Waals surface area contributed by atoms with Crippen molar-refractivity contribution >= 4 is 39.1 Å². The maximum Gasteiger partial charge on any atom is 0.311 e. The summed E-state index contributed by atoms with van der Waals surface area (Å²) in [6.45, 7) is 3.63. The second-order valence-corrected chi connectivity index (χ2v) is 6.96. The number of anilines is 1. The minimum Gasteiger partial charge on any atom is -0.487 e. The predicted molar refractivity (Wildman–Crippen MR) is 109 cm³/mol. The number of likely N-dealkylation sites (N-methyl/N-ethyl adjacent to an activating group) is 1. The van der Waals surface area contributed by atoms with Crippen LogP contribution >= 0.6 is 15.9 Å². The molecule has 0 radical (unpaired) electrons. The number of halogens is 1. The van der Waals surface area contributed by atoms with E-state index in [-0.39, 0.29) is 36.1 Å². The summed E-state index contributed by atoms with van der Waals surface area (Å²) in [5, 5.41) is 14.0. The van der Waals surface area contributed by atoms with Crippen LogP contribution in [0.25, 0.3) is 0 Å². The van der Waals surface area contributed by atoms with E-state index in [0.29, 0.717) is 5.69 Å². The van der Waals surface area contributed by atoms with Gasteiger partial charge in [-0.15, -0.1) is 0 Å². The van der Waals surface area contributed by atoms with Gasteiger partial charge in [0.2, 0.25) is 5.91 Å². The first kappa shape index (κ1) is 21.4. The number of nitrogens with one attached hydrogen (secondary N) is 1. The topological polar surface area (TPSA) is 102 Å². The molecule has 0 aliphatic rings. The number of carbonyl (C=O) groups is 2. The summed E-state index contributed by atoms with van der Waals surface area (Å²) < 4.78 is 6.11. The Morgan fingerprint density at radius 3 is 2.57 bits per heavy atom. The molecule has 1 N–H and O–H groups in total. The summed E-state index contributed by atoms with van der Waals surface area (Å²) in [4.78, 5) is 36.6. The molecule has 2 rings (SSSR count). The lowest BCUT2D eigenvalue weighted by Gasteiger charge is -2.18. The molecule has 2 aromatic carbocycles. The van der Waals surface area contributed by atoms with Gasteiger partial charge >= 0.3 is 5.69 Å². The van der Waals surface area contributed by atoms with E-state index in [1.807, 2.05) is 13.0 Å². The lowest BCUT2D eigenvalue weighted by molar-refractivity contribution is -0.385. The van der Waals surface area contributed by atoms with E-state index in [1.54, 1.807) is 19.1 Å². The number of hydrogen-bond donors (Lipinski definition) is 1. The molecule has 0 unspecified atom stereocenters.